The van der Waals surface area contributed by atoms with Gasteiger partial charge in [0.1, 0.15) is 0 Å². The number of aromatic carboxylic acids is 1. The predicted octanol–water partition coefficient (Wildman–Crippen LogP) is 1.83. The lowest BCUT2D eigenvalue weighted by molar-refractivity contribution is 0.0697. The molecule has 0 heterocycles. The van der Waals surface area contributed by atoms with Crippen LogP contribution in [0.3, 0.4) is 0 Å². The summed E-state index contributed by atoms with van der Waals surface area (Å²) in [5, 5.41) is 18.8. The van der Waals surface area contributed by atoms with Gasteiger partial charge in [-0.1, -0.05) is 11.6 Å². The third kappa shape index (κ3) is 2.68. The van der Waals surface area contributed by atoms with E-state index in [1.54, 1.807) is 25.8 Å². The van der Waals surface area contributed by atoms with E-state index >= 15 is 0 Å². The standard InChI is InChI=1S/C12H17ClN2O3/c1-12(2,6-16)15(3)10-8(11(17)18)4-7(14)5-9(10)13/h4-5,16H,6,14H2,1-3H3,(H,17,18). The molecule has 0 saturated heterocycles. The average Bonchev–Trinajstić information content (AvgIpc) is 2.27. The van der Waals surface area contributed by atoms with Gasteiger partial charge in [-0.3, -0.25) is 0 Å². The van der Waals surface area contributed by atoms with Crippen LogP contribution in [-0.4, -0.2) is 35.4 Å². The minimum atomic E-state index is -1.11. The summed E-state index contributed by atoms with van der Waals surface area (Å²) in [5.74, 6) is -1.11. The molecule has 0 aliphatic rings. The molecule has 0 unspecified atom stereocenters. The second-order valence-electron chi connectivity index (χ2n) is 4.73. The Hall–Kier alpha value is -1.46. The molecule has 1 aromatic rings. The van der Waals surface area contributed by atoms with Crippen molar-refractivity contribution in [3.05, 3.63) is 22.7 Å². The predicted molar refractivity (Wildman–Crippen MR) is 72.4 cm³/mol. The van der Waals surface area contributed by atoms with E-state index < -0.39 is 11.5 Å². The summed E-state index contributed by atoms with van der Waals surface area (Å²) in [4.78, 5) is 12.9. The summed E-state index contributed by atoms with van der Waals surface area (Å²) in [6.45, 7) is 3.43. The Labute approximate surface area is 111 Å². The fourth-order valence-corrected chi connectivity index (χ4v) is 1.89. The zero-order valence-electron chi connectivity index (χ0n) is 10.6. The van der Waals surface area contributed by atoms with Gasteiger partial charge in [-0.25, -0.2) is 4.79 Å². The number of likely N-dealkylation sites (N-methyl/N-ethyl adjacent to an activating group) is 1. The van der Waals surface area contributed by atoms with Crippen molar-refractivity contribution in [3.63, 3.8) is 0 Å². The number of aliphatic hydroxyl groups excluding tert-OH is 1. The highest BCUT2D eigenvalue weighted by Gasteiger charge is 2.28. The van der Waals surface area contributed by atoms with E-state index in [1.165, 1.54) is 12.1 Å². The van der Waals surface area contributed by atoms with Crippen LogP contribution in [0, 0.1) is 0 Å². The van der Waals surface area contributed by atoms with Gasteiger partial charge in [0.25, 0.3) is 0 Å². The van der Waals surface area contributed by atoms with Gasteiger partial charge in [0.2, 0.25) is 0 Å². The van der Waals surface area contributed by atoms with Gasteiger partial charge < -0.3 is 20.8 Å². The summed E-state index contributed by atoms with van der Waals surface area (Å²) in [7, 11) is 1.68. The van der Waals surface area contributed by atoms with E-state index in [4.69, 9.17) is 17.3 Å². The molecule has 0 fully saturated rings. The Balaban J connectivity index is 3.44. The Kier molecular flexibility index (Phi) is 4.09. The van der Waals surface area contributed by atoms with E-state index in [0.29, 0.717) is 5.69 Å². The molecule has 0 aromatic heterocycles. The Bertz CT molecular complexity index is 475. The minimum absolute atomic E-state index is 0.0176. The van der Waals surface area contributed by atoms with Gasteiger partial charge in [0, 0.05) is 12.7 Å². The normalized spacial score (nSPS) is 11.4. The van der Waals surface area contributed by atoms with Crippen molar-refractivity contribution >= 4 is 28.9 Å². The molecule has 4 N–H and O–H groups in total. The molecular formula is C12H17ClN2O3. The topological polar surface area (TPSA) is 86.8 Å². The van der Waals surface area contributed by atoms with Crippen molar-refractivity contribution in [3.8, 4) is 0 Å². The quantitative estimate of drug-likeness (QED) is 0.728. The lowest BCUT2D eigenvalue weighted by atomic mass is 10.0. The number of nitrogens with two attached hydrogens (primary N) is 1. The highest BCUT2D eigenvalue weighted by Crippen LogP contribution is 2.35. The van der Waals surface area contributed by atoms with Gasteiger partial charge in [-0.05, 0) is 26.0 Å². The van der Waals surface area contributed by atoms with Gasteiger partial charge in [-0.2, -0.15) is 0 Å². The lowest BCUT2D eigenvalue weighted by Crippen LogP contribution is -2.45. The number of hydrogen-bond acceptors (Lipinski definition) is 4. The van der Waals surface area contributed by atoms with Crippen LogP contribution in [0.4, 0.5) is 11.4 Å². The molecule has 0 bridgehead atoms. The van der Waals surface area contributed by atoms with Crippen LogP contribution in [-0.2, 0) is 0 Å². The molecule has 0 amide bonds. The zero-order chi connectivity index (χ0) is 14.1. The lowest BCUT2D eigenvalue weighted by Gasteiger charge is -2.37. The van der Waals surface area contributed by atoms with Crippen LogP contribution in [0.2, 0.25) is 5.02 Å². The third-order valence-corrected chi connectivity index (χ3v) is 3.23. The van der Waals surface area contributed by atoms with E-state index in [2.05, 4.69) is 0 Å². The maximum absolute atomic E-state index is 11.2. The molecule has 5 nitrogen and oxygen atoms in total. The number of hydrogen-bond donors (Lipinski definition) is 3. The summed E-state index contributed by atoms with van der Waals surface area (Å²) in [6.07, 6.45) is 0. The molecule has 0 spiro atoms. The maximum Gasteiger partial charge on any atom is 0.337 e. The molecule has 18 heavy (non-hydrogen) atoms. The van der Waals surface area contributed by atoms with E-state index in [-0.39, 0.29) is 22.9 Å². The summed E-state index contributed by atoms with van der Waals surface area (Å²) < 4.78 is 0. The zero-order valence-corrected chi connectivity index (χ0v) is 11.3. The fourth-order valence-electron chi connectivity index (χ4n) is 1.53. The molecule has 0 aliphatic carbocycles. The summed E-state index contributed by atoms with van der Waals surface area (Å²) >= 11 is 6.07. The Morgan fingerprint density at radius 2 is 2.06 bits per heavy atom. The van der Waals surface area contributed by atoms with Crippen molar-refractivity contribution < 1.29 is 15.0 Å². The molecule has 6 heteroatoms. The van der Waals surface area contributed by atoms with Crippen molar-refractivity contribution in [1.82, 2.24) is 0 Å². The Morgan fingerprint density at radius 1 is 1.50 bits per heavy atom. The van der Waals surface area contributed by atoms with Gasteiger partial charge in [0.15, 0.2) is 0 Å². The Morgan fingerprint density at radius 3 is 2.50 bits per heavy atom. The third-order valence-electron chi connectivity index (χ3n) is 2.95. The molecule has 0 radical (unpaired) electrons. The monoisotopic (exact) mass is 272 g/mol. The number of carboxylic acids is 1. The van der Waals surface area contributed by atoms with Crippen LogP contribution in [0.1, 0.15) is 24.2 Å². The highest BCUT2D eigenvalue weighted by molar-refractivity contribution is 6.34. The van der Waals surface area contributed by atoms with Crippen LogP contribution in [0.15, 0.2) is 12.1 Å². The van der Waals surface area contributed by atoms with E-state index in [9.17, 15) is 15.0 Å². The summed E-state index contributed by atoms with van der Waals surface area (Å²) in [5.41, 5.74) is 5.61. The van der Waals surface area contributed by atoms with Crippen molar-refractivity contribution in [2.45, 2.75) is 19.4 Å². The molecule has 0 aliphatic heterocycles. The molecule has 1 rings (SSSR count). The first-order valence-electron chi connectivity index (χ1n) is 5.37. The number of nitrogens with zero attached hydrogens (tertiary/aromatic N) is 1. The second-order valence-corrected chi connectivity index (χ2v) is 5.14. The second kappa shape index (κ2) is 5.04. The van der Waals surface area contributed by atoms with Crippen molar-refractivity contribution in [2.24, 2.45) is 0 Å². The van der Waals surface area contributed by atoms with Crippen LogP contribution >= 0.6 is 11.6 Å². The van der Waals surface area contributed by atoms with Crippen LogP contribution in [0.5, 0.6) is 0 Å². The van der Waals surface area contributed by atoms with E-state index in [0.717, 1.165) is 0 Å². The van der Waals surface area contributed by atoms with E-state index in [1.807, 2.05) is 0 Å². The number of anilines is 2. The number of benzene rings is 1. The summed E-state index contributed by atoms with van der Waals surface area (Å²) in [6, 6.07) is 2.85. The van der Waals surface area contributed by atoms with Crippen LogP contribution in [0.25, 0.3) is 0 Å². The van der Waals surface area contributed by atoms with Gasteiger partial charge >= 0.3 is 5.97 Å². The first-order chi connectivity index (χ1) is 8.20. The SMILES string of the molecule is CN(c1c(Cl)cc(N)cc1C(=O)O)C(C)(C)CO. The largest absolute Gasteiger partial charge is 0.478 e. The first kappa shape index (κ1) is 14.6. The molecule has 0 atom stereocenters. The molecular weight excluding hydrogens is 256 g/mol. The van der Waals surface area contributed by atoms with Crippen molar-refractivity contribution in [1.29, 1.82) is 0 Å². The van der Waals surface area contributed by atoms with Gasteiger partial charge in [-0.15, -0.1) is 0 Å². The average molecular weight is 273 g/mol. The van der Waals surface area contributed by atoms with Gasteiger partial charge in [0.05, 0.1) is 28.4 Å². The number of carbonyl (C=O) groups is 1. The highest BCUT2D eigenvalue weighted by atomic mass is 35.5. The number of halogens is 1. The van der Waals surface area contributed by atoms with Crippen LogP contribution < -0.4 is 10.6 Å². The molecule has 100 valence electrons. The maximum atomic E-state index is 11.2. The fraction of sp³-hybridized carbons (Fsp3) is 0.417. The number of nitrogen functional groups attached to an aromatic ring is 1. The van der Waals surface area contributed by atoms with Crippen molar-refractivity contribution in [2.75, 3.05) is 24.3 Å². The smallest absolute Gasteiger partial charge is 0.337 e. The number of carboxylic acid groups (broad SMARTS) is 1. The molecule has 1 aromatic carbocycles. The number of aliphatic hydroxyl groups is 1. The minimum Gasteiger partial charge on any atom is -0.478 e. The molecule has 0 saturated carbocycles. The number of rotatable bonds is 4. The first-order valence-corrected chi connectivity index (χ1v) is 5.75.